The highest BCUT2D eigenvalue weighted by atomic mass is 15.1. The fraction of sp³-hybridized carbons (Fsp3) is 0.438. The summed E-state index contributed by atoms with van der Waals surface area (Å²) in [6.07, 6.45) is 5.96. The van der Waals surface area contributed by atoms with Crippen LogP contribution in [0.25, 0.3) is 5.69 Å². The van der Waals surface area contributed by atoms with Crippen LogP contribution in [0.3, 0.4) is 0 Å². The molecule has 1 unspecified atom stereocenters. The van der Waals surface area contributed by atoms with Gasteiger partial charge in [-0.3, -0.25) is 0 Å². The van der Waals surface area contributed by atoms with Crippen LogP contribution in [-0.2, 0) is 6.42 Å². The lowest BCUT2D eigenvalue weighted by Gasteiger charge is -2.21. The molecule has 3 heteroatoms. The Morgan fingerprint density at radius 1 is 1.21 bits per heavy atom. The lowest BCUT2D eigenvalue weighted by Crippen LogP contribution is -2.21. The zero-order valence-electron chi connectivity index (χ0n) is 12.1. The predicted molar refractivity (Wildman–Crippen MR) is 79.7 cm³/mol. The highest BCUT2D eigenvalue weighted by Crippen LogP contribution is 2.25. The third-order valence-corrected chi connectivity index (χ3v) is 3.46. The first-order valence-electron chi connectivity index (χ1n) is 7.16. The number of rotatable bonds is 6. The Hall–Kier alpha value is -1.61. The van der Waals surface area contributed by atoms with Crippen LogP contribution in [0.4, 0.5) is 0 Å². The number of aromatic nitrogens is 2. The van der Waals surface area contributed by atoms with Gasteiger partial charge in [0.2, 0.25) is 0 Å². The maximum atomic E-state index is 4.43. The van der Waals surface area contributed by atoms with Crippen LogP contribution in [-0.4, -0.2) is 16.1 Å². The molecule has 0 saturated heterocycles. The fourth-order valence-electron chi connectivity index (χ4n) is 2.54. The molecule has 0 amide bonds. The second-order valence-electron chi connectivity index (χ2n) is 4.64. The second-order valence-corrected chi connectivity index (χ2v) is 4.64. The number of nitrogens with one attached hydrogen (secondary N) is 1. The maximum Gasteiger partial charge on any atom is 0.112 e. The van der Waals surface area contributed by atoms with Gasteiger partial charge >= 0.3 is 0 Å². The summed E-state index contributed by atoms with van der Waals surface area (Å²) < 4.78 is 2.20. The van der Waals surface area contributed by atoms with Crippen LogP contribution >= 0.6 is 0 Å². The zero-order valence-corrected chi connectivity index (χ0v) is 12.1. The molecule has 0 fully saturated rings. The van der Waals surface area contributed by atoms with E-state index in [4.69, 9.17) is 0 Å². The third-order valence-electron chi connectivity index (χ3n) is 3.46. The largest absolute Gasteiger partial charge is 0.310 e. The van der Waals surface area contributed by atoms with E-state index in [9.17, 15) is 0 Å². The van der Waals surface area contributed by atoms with Gasteiger partial charge in [0.1, 0.15) is 5.82 Å². The normalized spacial score (nSPS) is 12.6. The van der Waals surface area contributed by atoms with E-state index in [1.807, 2.05) is 6.20 Å². The van der Waals surface area contributed by atoms with Crippen LogP contribution in [0.2, 0.25) is 0 Å². The summed E-state index contributed by atoms with van der Waals surface area (Å²) in [6.45, 7) is 7.50. The standard InChI is InChI=1S/C16H23N3/c1-4-14(17-6-3)13-9-7-8-10-15(13)19-12-11-18-16(19)5-2/h7-12,14,17H,4-6H2,1-3H3. The first-order chi connectivity index (χ1) is 9.31. The second kappa shape index (κ2) is 6.53. The van der Waals surface area contributed by atoms with E-state index in [2.05, 4.69) is 66.1 Å². The molecule has 0 radical (unpaired) electrons. The van der Waals surface area contributed by atoms with Crippen molar-refractivity contribution in [3.8, 4) is 5.69 Å². The van der Waals surface area contributed by atoms with Gasteiger partial charge in [-0.1, -0.05) is 39.0 Å². The van der Waals surface area contributed by atoms with Gasteiger partial charge in [-0.15, -0.1) is 0 Å². The van der Waals surface area contributed by atoms with Crippen LogP contribution < -0.4 is 5.32 Å². The molecule has 19 heavy (non-hydrogen) atoms. The average molecular weight is 257 g/mol. The Bertz CT molecular complexity index is 516. The first-order valence-corrected chi connectivity index (χ1v) is 7.16. The number of aryl methyl sites for hydroxylation is 1. The summed E-state index contributed by atoms with van der Waals surface area (Å²) in [6, 6.07) is 8.99. The highest BCUT2D eigenvalue weighted by molar-refractivity contribution is 5.44. The van der Waals surface area contributed by atoms with Crippen LogP contribution in [0, 0.1) is 0 Å². The Morgan fingerprint density at radius 2 is 2.00 bits per heavy atom. The molecule has 3 nitrogen and oxygen atoms in total. The van der Waals surface area contributed by atoms with Crippen LogP contribution in [0.15, 0.2) is 36.7 Å². The quantitative estimate of drug-likeness (QED) is 0.858. The van der Waals surface area contributed by atoms with Crippen molar-refractivity contribution in [3.05, 3.63) is 48.0 Å². The van der Waals surface area contributed by atoms with Crippen molar-refractivity contribution >= 4 is 0 Å². The molecule has 0 bridgehead atoms. The number of nitrogens with zero attached hydrogens (tertiary/aromatic N) is 2. The van der Waals surface area contributed by atoms with Crippen molar-refractivity contribution in [3.63, 3.8) is 0 Å². The van der Waals surface area contributed by atoms with Crippen molar-refractivity contribution in [2.75, 3.05) is 6.54 Å². The molecule has 2 aromatic rings. The Labute approximate surface area is 115 Å². The van der Waals surface area contributed by atoms with Gasteiger partial charge < -0.3 is 9.88 Å². The van der Waals surface area contributed by atoms with E-state index >= 15 is 0 Å². The maximum absolute atomic E-state index is 4.43. The van der Waals surface area contributed by atoms with Crippen molar-refractivity contribution in [2.45, 2.75) is 39.7 Å². The van der Waals surface area contributed by atoms with E-state index in [-0.39, 0.29) is 0 Å². The first kappa shape index (κ1) is 13.8. The van der Waals surface area contributed by atoms with Gasteiger partial charge in [0.15, 0.2) is 0 Å². The minimum atomic E-state index is 0.397. The van der Waals surface area contributed by atoms with Crippen LogP contribution in [0.5, 0.6) is 0 Å². The van der Waals surface area contributed by atoms with Crippen molar-refractivity contribution in [1.29, 1.82) is 0 Å². The van der Waals surface area contributed by atoms with Gasteiger partial charge in [0.25, 0.3) is 0 Å². The molecule has 0 spiro atoms. The summed E-state index contributed by atoms with van der Waals surface area (Å²) >= 11 is 0. The van der Waals surface area contributed by atoms with E-state index in [1.54, 1.807) is 0 Å². The lowest BCUT2D eigenvalue weighted by molar-refractivity contribution is 0.535. The molecule has 102 valence electrons. The van der Waals surface area contributed by atoms with Crippen LogP contribution in [0.1, 0.15) is 44.6 Å². The molecular formula is C16H23N3. The Balaban J connectivity index is 2.46. The number of hydrogen-bond acceptors (Lipinski definition) is 2. The molecule has 1 aromatic heterocycles. The summed E-state index contributed by atoms with van der Waals surface area (Å²) in [5, 5.41) is 3.55. The minimum absolute atomic E-state index is 0.397. The number of para-hydroxylation sites is 1. The number of imidazole rings is 1. The minimum Gasteiger partial charge on any atom is -0.310 e. The molecule has 2 rings (SSSR count). The summed E-state index contributed by atoms with van der Waals surface area (Å²) in [5.41, 5.74) is 2.59. The topological polar surface area (TPSA) is 29.9 Å². The fourth-order valence-corrected chi connectivity index (χ4v) is 2.54. The number of benzene rings is 1. The van der Waals surface area contributed by atoms with Crippen molar-refractivity contribution in [2.24, 2.45) is 0 Å². The molecular weight excluding hydrogens is 234 g/mol. The van der Waals surface area contributed by atoms with E-state index in [0.29, 0.717) is 6.04 Å². The molecule has 0 saturated carbocycles. The summed E-state index contributed by atoms with van der Waals surface area (Å²) in [5.74, 6) is 1.11. The molecule has 1 heterocycles. The van der Waals surface area contributed by atoms with Gasteiger partial charge in [-0.05, 0) is 24.6 Å². The van der Waals surface area contributed by atoms with Gasteiger partial charge in [-0.25, -0.2) is 4.98 Å². The van der Waals surface area contributed by atoms with Gasteiger partial charge in [-0.2, -0.15) is 0 Å². The highest BCUT2D eigenvalue weighted by Gasteiger charge is 2.14. The molecule has 0 aliphatic carbocycles. The Morgan fingerprint density at radius 3 is 2.68 bits per heavy atom. The zero-order chi connectivity index (χ0) is 13.7. The van der Waals surface area contributed by atoms with E-state index in [0.717, 1.165) is 25.2 Å². The molecule has 1 atom stereocenters. The summed E-state index contributed by atoms with van der Waals surface area (Å²) in [4.78, 5) is 4.43. The Kier molecular flexibility index (Phi) is 4.74. The smallest absolute Gasteiger partial charge is 0.112 e. The van der Waals surface area contributed by atoms with Crippen molar-refractivity contribution in [1.82, 2.24) is 14.9 Å². The van der Waals surface area contributed by atoms with E-state index < -0.39 is 0 Å². The van der Waals surface area contributed by atoms with Gasteiger partial charge in [0, 0.05) is 24.9 Å². The monoisotopic (exact) mass is 257 g/mol. The molecule has 0 aliphatic heterocycles. The SMILES string of the molecule is CCNC(CC)c1ccccc1-n1ccnc1CC. The van der Waals surface area contributed by atoms with Gasteiger partial charge in [0.05, 0.1) is 5.69 Å². The predicted octanol–water partition coefficient (Wildman–Crippen LogP) is 3.50. The van der Waals surface area contributed by atoms with Crippen molar-refractivity contribution < 1.29 is 0 Å². The number of hydrogen-bond donors (Lipinski definition) is 1. The van der Waals surface area contributed by atoms with E-state index in [1.165, 1.54) is 11.3 Å². The average Bonchev–Trinajstić information content (AvgIpc) is 2.93. The molecule has 0 aliphatic rings. The molecule has 1 aromatic carbocycles. The summed E-state index contributed by atoms with van der Waals surface area (Å²) in [7, 11) is 0. The lowest BCUT2D eigenvalue weighted by atomic mass is 10.0. The molecule has 1 N–H and O–H groups in total. The third kappa shape index (κ3) is 2.87.